The van der Waals surface area contributed by atoms with Gasteiger partial charge in [-0.3, -0.25) is 9.69 Å². The normalized spacial score (nSPS) is 17.4. The molecule has 152 valence electrons. The van der Waals surface area contributed by atoms with E-state index >= 15 is 0 Å². The molecule has 29 heavy (non-hydrogen) atoms. The topological polar surface area (TPSA) is 90.3 Å². The van der Waals surface area contributed by atoms with Gasteiger partial charge in [-0.15, -0.1) is 0 Å². The summed E-state index contributed by atoms with van der Waals surface area (Å²) in [4.78, 5) is 28.9. The third-order valence-corrected chi connectivity index (χ3v) is 5.75. The van der Waals surface area contributed by atoms with Gasteiger partial charge in [0.15, 0.2) is 17.5 Å². The highest BCUT2D eigenvalue weighted by molar-refractivity contribution is 6.00. The average Bonchev–Trinajstić information content (AvgIpc) is 3.33. The summed E-state index contributed by atoms with van der Waals surface area (Å²) in [7, 11) is 1.42. The first-order valence-corrected chi connectivity index (χ1v) is 9.74. The van der Waals surface area contributed by atoms with E-state index in [9.17, 15) is 19.8 Å². The predicted molar refractivity (Wildman–Crippen MR) is 106 cm³/mol. The van der Waals surface area contributed by atoms with Gasteiger partial charge >= 0.3 is 5.97 Å². The van der Waals surface area contributed by atoms with E-state index in [0.717, 1.165) is 31.5 Å². The molecule has 1 amide bonds. The highest BCUT2D eigenvalue weighted by Crippen LogP contribution is 2.42. The molecular formula is C22H24N2O5. The van der Waals surface area contributed by atoms with Crippen LogP contribution in [0.1, 0.15) is 45.9 Å². The van der Waals surface area contributed by atoms with E-state index in [1.165, 1.54) is 12.0 Å². The third kappa shape index (κ3) is 3.42. The maximum Gasteiger partial charge on any atom is 0.331 e. The van der Waals surface area contributed by atoms with Crippen molar-refractivity contribution in [2.45, 2.75) is 32.0 Å². The number of fused-ring (bicyclic) bond motifs is 1. The van der Waals surface area contributed by atoms with E-state index in [4.69, 9.17) is 4.74 Å². The van der Waals surface area contributed by atoms with E-state index in [0.29, 0.717) is 17.7 Å². The Labute approximate surface area is 169 Å². The molecule has 7 nitrogen and oxygen atoms in total. The Kier molecular flexibility index (Phi) is 5.15. The van der Waals surface area contributed by atoms with Gasteiger partial charge in [0, 0.05) is 24.2 Å². The van der Waals surface area contributed by atoms with Crippen molar-refractivity contribution in [2.24, 2.45) is 0 Å². The van der Waals surface area contributed by atoms with Crippen LogP contribution in [0.15, 0.2) is 36.4 Å². The molecule has 0 saturated carbocycles. The number of aromatic hydroxyl groups is 1. The number of likely N-dealkylation sites (tertiary alicyclic amines) is 1. The largest absolute Gasteiger partial charge is 0.504 e. The van der Waals surface area contributed by atoms with Gasteiger partial charge in [-0.1, -0.05) is 24.3 Å². The molecule has 2 heterocycles. The van der Waals surface area contributed by atoms with Crippen LogP contribution < -0.4 is 4.74 Å². The zero-order chi connectivity index (χ0) is 20.5. The summed E-state index contributed by atoms with van der Waals surface area (Å²) in [6.07, 6.45) is 2.19. The number of hydrogen-bond donors (Lipinski definition) is 2. The number of carbonyl (C=O) groups excluding carboxylic acids is 1. The summed E-state index contributed by atoms with van der Waals surface area (Å²) >= 11 is 0. The van der Waals surface area contributed by atoms with Crippen molar-refractivity contribution in [1.82, 2.24) is 9.80 Å². The smallest absolute Gasteiger partial charge is 0.331 e. The third-order valence-electron chi connectivity index (χ3n) is 5.75. The number of phenolic OH excluding ortho intramolecular Hbond substituents is 1. The lowest BCUT2D eigenvalue weighted by Gasteiger charge is -2.28. The highest BCUT2D eigenvalue weighted by Gasteiger charge is 2.40. The zero-order valence-electron chi connectivity index (χ0n) is 16.3. The van der Waals surface area contributed by atoms with Crippen LogP contribution in [0.2, 0.25) is 0 Å². The van der Waals surface area contributed by atoms with Gasteiger partial charge in [-0.25, -0.2) is 4.79 Å². The first-order valence-electron chi connectivity index (χ1n) is 9.74. The van der Waals surface area contributed by atoms with Gasteiger partial charge in [-0.2, -0.15) is 0 Å². The molecule has 0 aromatic heterocycles. The van der Waals surface area contributed by atoms with E-state index in [1.54, 1.807) is 24.3 Å². The van der Waals surface area contributed by atoms with Crippen LogP contribution in [-0.4, -0.2) is 52.1 Å². The second-order valence-corrected chi connectivity index (χ2v) is 7.50. The lowest BCUT2D eigenvalue weighted by atomic mass is 9.96. The van der Waals surface area contributed by atoms with Gasteiger partial charge in [0.1, 0.15) is 0 Å². The summed E-state index contributed by atoms with van der Waals surface area (Å²) in [6, 6.07) is 9.24. The molecule has 2 aromatic rings. The van der Waals surface area contributed by atoms with E-state index < -0.39 is 12.0 Å². The molecule has 4 rings (SSSR count). The molecule has 1 unspecified atom stereocenters. The van der Waals surface area contributed by atoms with E-state index in [-0.39, 0.29) is 29.5 Å². The van der Waals surface area contributed by atoms with E-state index in [1.807, 2.05) is 12.1 Å². The van der Waals surface area contributed by atoms with Crippen molar-refractivity contribution in [3.63, 3.8) is 0 Å². The number of aliphatic carboxylic acids is 1. The predicted octanol–water partition coefficient (Wildman–Crippen LogP) is 2.78. The number of ether oxygens (including phenoxy) is 1. The standard InChI is InChI=1S/C22H24N2O5/c1-29-17-9-8-15(12-23-10-4-5-11-23)18(20(17)25)19(22(27)28)24-13-14-6-2-3-7-16(14)21(24)26/h2-3,6-9,19,25H,4-5,10-13H2,1H3,(H,27,28). The molecule has 1 atom stereocenters. The maximum atomic E-state index is 13.0. The number of phenols is 1. The molecular weight excluding hydrogens is 372 g/mol. The lowest BCUT2D eigenvalue weighted by molar-refractivity contribution is -0.142. The van der Waals surface area contributed by atoms with Gasteiger partial charge in [0.25, 0.3) is 5.91 Å². The second kappa shape index (κ2) is 7.75. The minimum absolute atomic E-state index is 0.186. The molecule has 0 bridgehead atoms. The molecule has 1 fully saturated rings. The Morgan fingerprint density at radius 2 is 1.90 bits per heavy atom. The first-order chi connectivity index (χ1) is 14.0. The van der Waals surface area contributed by atoms with Crippen LogP contribution in [-0.2, 0) is 17.9 Å². The SMILES string of the molecule is COc1ccc(CN2CCCC2)c(C(C(=O)O)N2Cc3ccccc3C2=O)c1O. The Morgan fingerprint density at radius 1 is 1.17 bits per heavy atom. The quantitative estimate of drug-likeness (QED) is 0.780. The number of hydrogen-bond acceptors (Lipinski definition) is 5. The summed E-state index contributed by atoms with van der Waals surface area (Å²) in [6.45, 7) is 2.56. The molecule has 2 aliphatic heterocycles. The second-order valence-electron chi connectivity index (χ2n) is 7.50. The van der Waals surface area contributed by atoms with Crippen molar-refractivity contribution in [3.05, 3.63) is 58.7 Å². The van der Waals surface area contributed by atoms with Crippen LogP contribution in [0, 0.1) is 0 Å². The molecule has 2 aromatic carbocycles. The maximum absolute atomic E-state index is 13.0. The number of amides is 1. The molecule has 7 heteroatoms. The summed E-state index contributed by atoms with van der Waals surface area (Å²) < 4.78 is 5.23. The summed E-state index contributed by atoms with van der Waals surface area (Å²) in [5.41, 5.74) is 2.21. The molecule has 0 spiro atoms. The fraction of sp³-hybridized carbons (Fsp3) is 0.364. The Balaban J connectivity index is 1.79. The average molecular weight is 396 g/mol. The van der Waals surface area contributed by atoms with Crippen LogP contribution >= 0.6 is 0 Å². The molecule has 2 N–H and O–H groups in total. The van der Waals surface area contributed by atoms with Gasteiger partial charge in [0.2, 0.25) is 0 Å². The first kappa shape index (κ1) is 19.3. The van der Waals surface area contributed by atoms with Crippen molar-refractivity contribution in [1.29, 1.82) is 0 Å². The number of carboxylic acids is 1. The Hall–Kier alpha value is -3.06. The number of rotatable bonds is 6. The monoisotopic (exact) mass is 396 g/mol. The number of carbonyl (C=O) groups is 2. The van der Waals surface area contributed by atoms with Crippen LogP contribution in [0.3, 0.4) is 0 Å². The van der Waals surface area contributed by atoms with Gasteiger partial charge in [-0.05, 0) is 49.2 Å². The van der Waals surface area contributed by atoms with Crippen molar-refractivity contribution in [3.8, 4) is 11.5 Å². The summed E-state index contributed by atoms with van der Waals surface area (Å²) in [5.74, 6) is -1.55. The minimum atomic E-state index is -1.30. The number of carboxylic acid groups (broad SMARTS) is 1. The fourth-order valence-electron chi connectivity index (χ4n) is 4.32. The van der Waals surface area contributed by atoms with Crippen LogP contribution in [0.4, 0.5) is 0 Å². The van der Waals surface area contributed by atoms with Crippen LogP contribution in [0.5, 0.6) is 11.5 Å². The molecule has 1 saturated heterocycles. The van der Waals surface area contributed by atoms with E-state index in [2.05, 4.69) is 4.90 Å². The van der Waals surface area contributed by atoms with Crippen molar-refractivity contribution < 1.29 is 24.5 Å². The van der Waals surface area contributed by atoms with Gasteiger partial charge in [0.05, 0.1) is 7.11 Å². The Morgan fingerprint density at radius 3 is 2.55 bits per heavy atom. The molecule has 0 radical (unpaired) electrons. The number of nitrogens with zero attached hydrogens (tertiary/aromatic N) is 2. The Bertz CT molecular complexity index is 952. The number of methoxy groups -OCH3 is 1. The van der Waals surface area contributed by atoms with Crippen LogP contribution in [0.25, 0.3) is 0 Å². The zero-order valence-corrected chi connectivity index (χ0v) is 16.3. The van der Waals surface area contributed by atoms with Crippen molar-refractivity contribution >= 4 is 11.9 Å². The minimum Gasteiger partial charge on any atom is -0.504 e. The molecule has 0 aliphatic carbocycles. The number of benzene rings is 2. The highest BCUT2D eigenvalue weighted by atomic mass is 16.5. The molecule has 2 aliphatic rings. The summed E-state index contributed by atoms with van der Waals surface area (Å²) in [5, 5.41) is 21.0. The fourth-order valence-corrected chi connectivity index (χ4v) is 4.32. The van der Waals surface area contributed by atoms with Gasteiger partial charge < -0.3 is 19.8 Å². The van der Waals surface area contributed by atoms with Crippen molar-refractivity contribution in [2.75, 3.05) is 20.2 Å². The lowest BCUT2D eigenvalue weighted by Crippen LogP contribution is -2.35.